The molecule has 0 atom stereocenters. The molecule has 328 valence electrons. The van der Waals surface area contributed by atoms with Crippen molar-refractivity contribution in [2.75, 3.05) is 4.90 Å². The predicted molar refractivity (Wildman–Crippen MR) is 295 cm³/mol. The van der Waals surface area contributed by atoms with Gasteiger partial charge in [-0.05, 0) is 113 Å². The lowest BCUT2D eigenvalue weighted by Crippen LogP contribution is -2.28. The van der Waals surface area contributed by atoms with Crippen LogP contribution in [0.2, 0.25) is 0 Å². The lowest BCUT2D eigenvalue weighted by Gasteiger charge is -2.35. The van der Waals surface area contributed by atoms with Crippen molar-refractivity contribution in [1.82, 2.24) is 0 Å². The third-order valence-electron chi connectivity index (χ3n) is 14.6. The fourth-order valence-corrected chi connectivity index (χ4v) is 11.5. The zero-order valence-electron chi connectivity index (χ0n) is 38.6. The number of anilines is 3. The summed E-state index contributed by atoms with van der Waals surface area (Å²) >= 11 is 0. The van der Waals surface area contributed by atoms with E-state index in [1.165, 1.54) is 93.9 Å². The third-order valence-corrected chi connectivity index (χ3v) is 14.6. The van der Waals surface area contributed by atoms with E-state index >= 15 is 0 Å². The lowest BCUT2D eigenvalue weighted by molar-refractivity contribution is 0.768. The first-order chi connectivity index (χ1) is 34.8. The maximum absolute atomic E-state index is 2.50. The van der Waals surface area contributed by atoms with Gasteiger partial charge in [-0.3, -0.25) is 0 Å². The van der Waals surface area contributed by atoms with Gasteiger partial charge in [0.25, 0.3) is 0 Å². The van der Waals surface area contributed by atoms with Gasteiger partial charge in [0.05, 0.1) is 11.1 Å². The highest BCUT2D eigenvalue weighted by molar-refractivity contribution is 6.22. The fraction of sp³-hybridized carbons (Fsp3) is 0.0145. The van der Waals surface area contributed by atoms with Gasteiger partial charge in [-0.1, -0.05) is 261 Å². The van der Waals surface area contributed by atoms with Crippen molar-refractivity contribution in [2.45, 2.75) is 5.41 Å². The van der Waals surface area contributed by atoms with Crippen molar-refractivity contribution >= 4 is 38.6 Å². The van der Waals surface area contributed by atoms with E-state index in [0.29, 0.717) is 0 Å². The monoisotopic (exact) mass is 889 g/mol. The van der Waals surface area contributed by atoms with Gasteiger partial charge in [-0.25, -0.2) is 0 Å². The first-order valence-corrected chi connectivity index (χ1v) is 24.3. The van der Waals surface area contributed by atoms with Crippen molar-refractivity contribution in [3.05, 3.63) is 307 Å². The molecule has 0 saturated heterocycles. The Kier molecular flexibility index (Phi) is 10.1. The molecule has 0 heterocycles. The molecule has 13 rings (SSSR count). The van der Waals surface area contributed by atoms with Crippen molar-refractivity contribution < 1.29 is 0 Å². The van der Waals surface area contributed by atoms with Crippen molar-refractivity contribution in [1.29, 1.82) is 0 Å². The van der Waals surface area contributed by atoms with Crippen LogP contribution in [0.5, 0.6) is 0 Å². The summed E-state index contributed by atoms with van der Waals surface area (Å²) in [4.78, 5) is 2.50. The van der Waals surface area contributed by atoms with Crippen LogP contribution in [0.25, 0.3) is 77.2 Å². The van der Waals surface area contributed by atoms with Gasteiger partial charge < -0.3 is 4.90 Å². The summed E-state index contributed by atoms with van der Waals surface area (Å²) in [7, 11) is 0. The molecule has 0 fully saturated rings. The van der Waals surface area contributed by atoms with Crippen molar-refractivity contribution in [3.63, 3.8) is 0 Å². The van der Waals surface area contributed by atoms with Gasteiger partial charge in [-0.15, -0.1) is 0 Å². The fourth-order valence-electron chi connectivity index (χ4n) is 11.5. The Labute approximate surface area is 409 Å². The van der Waals surface area contributed by atoms with Gasteiger partial charge in [0, 0.05) is 22.3 Å². The lowest BCUT2D eigenvalue weighted by atomic mass is 9.67. The van der Waals surface area contributed by atoms with Gasteiger partial charge in [0.1, 0.15) is 0 Å². The summed E-state index contributed by atoms with van der Waals surface area (Å²) in [5, 5.41) is 4.88. The van der Waals surface area contributed by atoms with Crippen LogP contribution in [-0.4, -0.2) is 0 Å². The van der Waals surface area contributed by atoms with E-state index in [2.05, 4.69) is 290 Å². The van der Waals surface area contributed by atoms with Crippen molar-refractivity contribution in [3.8, 4) is 55.6 Å². The molecule has 1 aliphatic carbocycles. The quantitative estimate of drug-likeness (QED) is 0.131. The summed E-state index contributed by atoms with van der Waals surface area (Å²) in [6.45, 7) is 0. The first kappa shape index (κ1) is 41.2. The van der Waals surface area contributed by atoms with Gasteiger partial charge in [0.15, 0.2) is 0 Å². The second-order valence-electron chi connectivity index (χ2n) is 18.3. The molecule has 1 nitrogen and oxygen atoms in total. The molecule has 0 saturated carbocycles. The summed E-state index contributed by atoms with van der Waals surface area (Å²) in [5.41, 5.74) is 20.1. The first-order valence-electron chi connectivity index (χ1n) is 24.3. The Morgan fingerprint density at radius 2 is 0.586 bits per heavy atom. The second-order valence-corrected chi connectivity index (χ2v) is 18.3. The van der Waals surface area contributed by atoms with Crippen LogP contribution in [0.15, 0.2) is 285 Å². The largest absolute Gasteiger partial charge is 0.309 e. The Hall–Kier alpha value is -9.04. The van der Waals surface area contributed by atoms with Crippen LogP contribution in [0, 0.1) is 0 Å². The minimum atomic E-state index is -0.497. The Balaban J connectivity index is 0.992. The van der Waals surface area contributed by atoms with E-state index in [4.69, 9.17) is 0 Å². The number of rotatable bonds is 9. The van der Waals surface area contributed by atoms with Gasteiger partial charge >= 0.3 is 0 Å². The number of hydrogen-bond acceptors (Lipinski definition) is 1. The molecule has 1 heteroatoms. The smallest absolute Gasteiger partial charge is 0.0713 e. The molecular weight excluding hydrogens is 843 g/mol. The highest BCUT2D eigenvalue weighted by Crippen LogP contribution is 2.57. The maximum Gasteiger partial charge on any atom is 0.0713 e. The Bertz CT molecular complexity index is 3790. The molecule has 1 aliphatic rings. The molecule has 0 radical (unpaired) electrons. The summed E-state index contributed by atoms with van der Waals surface area (Å²) in [6.07, 6.45) is 0. The van der Waals surface area contributed by atoms with Gasteiger partial charge in [-0.2, -0.15) is 0 Å². The number of nitrogens with zero attached hydrogens (tertiary/aromatic N) is 1. The van der Waals surface area contributed by atoms with Crippen LogP contribution in [0.1, 0.15) is 22.3 Å². The summed E-state index contributed by atoms with van der Waals surface area (Å²) in [6, 6.07) is 105. The average Bonchev–Trinajstić information content (AvgIpc) is 3.75. The molecule has 0 spiro atoms. The molecule has 0 amide bonds. The minimum absolute atomic E-state index is 0.497. The summed E-state index contributed by atoms with van der Waals surface area (Å²) < 4.78 is 0. The van der Waals surface area contributed by atoms with Crippen molar-refractivity contribution in [2.24, 2.45) is 0 Å². The molecule has 0 bridgehead atoms. The molecule has 0 aromatic heterocycles. The Morgan fingerprint density at radius 3 is 1.14 bits per heavy atom. The highest BCUT2D eigenvalue weighted by atomic mass is 15.1. The molecule has 70 heavy (non-hydrogen) atoms. The van der Waals surface area contributed by atoms with Crippen LogP contribution in [-0.2, 0) is 5.41 Å². The van der Waals surface area contributed by atoms with E-state index in [1.54, 1.807) is 0 Å². The van der Waals surface area contributed by atoms with Crippen LogP contribution in [0.3, 0.4) is 0 Å². The highest BCUT2D eigenvalue weighted by Gasteiger charge is 2.45. The zero-order valence-corrected chi connectivity index (χ0v) is 38.6. The van der Waals surface area contributed by atoms with E-state index in [1.807, 2.05) is 0 Å². The van der Waals surface area contributed by atoms with Gasteiger partial charge in [0.2, 0.25) is 0 Å². The average molecular weight is 890 g/mol. The molecule has 0 unspecified atom stereocenters. The normalized spacial score (nSPS) is 12.4. The zero-order chi connectivity index (χ0) is 46.4. The number of benzene rings is 12. The topological polar surface area (TPSA) is 3.24 Å². The predicted octanol–water partition coefficient (Wildman–Crippen LogP) is 18.5. The van der Waals surface area contributed by atoms with Crippen LogP contribution in [0.4, 0.5) is 17.1 Å². The van der Waals surface area contributed by atoms with E-state index in [9.17, 15) is 0 Å². The van der Waals surface area contributed by atoms with E-state index in [0.717, 1.165) is 22.6 Å². The second kappa shape index (κ2) is 17.2. The summed E-state index contributed by atoms with van der Waals surface area (Å²) in [5.74, 6) is 0. The number of hydrogen-bond donors (Lipinski definition) is 0. The van der Waals surface area contributed by atoms with Crippen LogP contribution >= 0.6 is 0 Å². The Morgan fingerprint density at radius 1 is 0.229 bits per heavy atom. The third kappa shape index (κ3) is 6.70. The standard InChI is InChI=1S/C69H47N/c1-4-20-50(21-5-1)57-26-10-11-27-58(57)51-38-36-48(37-39-51)49-40-44-55(45-41-49)70(68-64-33-15-13-29-60(64)59-28-12-14-32-63(59)67(68)52-22-6-2-7-23-52)56-46-42-54(43-47-56)69(53-24-8-3-9-25-53)65-34-18-16-30-61(65)62-31-17-19-35-66(62)69/h1-47H. The van der Waals surface area contributed by atoms with E-state index in [-0.39, 0.29) is 0 Å². The van der Waals surface area contributed by atoms with Crippen LogP contribution < -0.4 is 4.90 Å². The molecule has 0 aliphatic heterocycles. The maximum atomic E-state index is 2.50. The molecule has 12 aromatic rings. The SMILES string of the molecule is c1ccc(-c2ccccc2-c2ccc(-c3ccc(N(c4ccc(C5(c6ccccc6)c6ccccc6-c6ccccc65)cc4)c4c(-c5ccccc5)c5ccccc5c5ccccc45)cc3)cc2)cc1. The molecule has 0 N–H and O–H groups in total. The minimum Gasteiger partial charge on any atom is -0.309 e. The van der Waals surface area contributed by atoms with E-state index < -0.39 is 5.41 Å². The molecular formula is C69H47N. The number of fused-ring (bicyclic) bond motifs is 6. The molecule has 12 aromatic carbocycles.